The van der Waals surface area contributed by atoms with Crippen LogP contribution in [0.2, 0.25) is 0 Å². The van der Waals surface area contributed by atoms with Crippen LogP contribution in [0.15, 0.2) is 47.4 Å². The number of alkyl halides is 3. The van der Waals surface area contributed by atoms with Crippen molar-refractivity contribution in [2.45, 2.75) is 11.1 Å². The molecule has 9 heteroatoms. The van der Waals surface area contributed by atoms with E-state index in [2.05, 4.69) is 4.18 Å². The van der Waals surface area contributed by atoms with Gasteiger partial charge in [0.2, 0.25) is 0 Å². The zero-order valence-electron chi connectivity index (χ0n) is 11.1. The summed E-state index contributed by atoms with van der Waals surface area (Å²) in [5, 5.41) is 8.85. The molecule has 0 N–H and O–H groups in total. The number of benzene rings is 2. The van der Waals surface area contributed by atoms with Crippen LogP contribution in [0.4, 0.5) is 17.6 Å². The monoisotopic (exact) mass is 345 g/mol. The lowest BCUT2D eigenvalue weighted by Crippen LogP contribution is -2.14. The third-order valence-corrected chi connectivity index (χ3v) is 3.97. The summed E-state index contributed by atoms with van der Waals surface area (Å²) in [6.07, 6.45) is -5.06. The van der Waals surface area contributed by atoms with Gasteiger partial charge in [0.05, 0.1) is 11.1 Å². The van der Waals surface area contributed by atoms with Crippen LogP contribution in [0.5, 0.6) is 5.75 Å². The maximum absolute atomic E-state index is 13.2. The SMILES string of the molecule is N#Cc1ccccc1OS(=O)(=O)c1ccc(F)c(C(F)(F)F)c1. The lowest BCUT2D eigenvalue weighted by Gasteiger charge is -2.11. The third kappa shape index (κ3) is 3.60. The number of hydrogen-bond donors (Lipinski definition) is 0. The molecule has 0 spiro atoms. The molecule has 0 aliphatic heterocycles. The summed E-state index contributed by atoms with van der Waals surface area (Å²) in [5.41, 5.74) is -1.84. The van der Waals surface area contributed by atoms with Crippen LogP contribution in [0, 0.1) is 17.1 Å². The molecular formula is C14H7F4NO3S. The van der Waals surface area contributed by atoms with Crippen molar-refractivity contribution in [1.82, 2.24) is 0 Å². The Labute approximate surface area is 128 Å². The van der Waals surface area contributed by atoms with Gasteiger partial charge in [0, 0.05) is 0 Å². The van der Waals surface area contributed by atoms with Crippen LogP contribution in [0.25, 0.3) is 0 Å². The highest BCUT2D eigenvalue weighted by molar-refractivity contribution is 7.87. The number of rotatable bonds is 3. The molecule has 0 aliphatic carbocycles. The normalized spacial score (nSPS) is 11.8. The van der Waals surface area contributed by atoms with Crippen molar-refractivity contribution in [3.63, 3.8) is 0 Å². The van der Waals surface area contributed by atoms with Gasteiger partial charge in [-0.15, -0.1) is 0 Å². The van der Waals surface area contributed by atoms with Gasteiger partial charge in [-0.1, -0.05) is 12.1 Å². The van der Waals surface area contributed by atoms with Gasteiger partial charge in [-0.05, 0) is 30.3 Å². The molecule has 0 atom stereocenters. The van der Waals surface area contributed by atoms with E-state index in [0.29, 0.717) is 12.1 Å². The zero-order valence-corrected chi connectivity index (χ0v) is 12.0. The highest BCUT2D eigenvalue weighted by Crippen LogP contribution is 2.33. The van der Waals surface area contributed by atoms with Crippen molar-refractivity contribution in [3.8, 4) is 11.8 Å². The van der Waals surface area contributed by atoms with Crippen LogP contribution in [0.1, 0.15) is 11.1 Å². The molecule has 0 saturated carbocycles. The van der Waals surface area contributed by atoms with Gasteiger partial charge < -0.3 is 4.18 Å². The van der Waals surface area contributed by atoms with Crippen LogP contribution in [0.3, 0.4) is 0 Å². The Bertz CT molecular complexity index is 886. The van der Waals surface area contributed by atoms with E-state index in [4.69, 9.17) is 5.26 Å². The number of hydrogen-bond acceptors (Lipinski definition) is 4. The zero-order chi connectivity index (χ0) is 17.3. The molecule has 0 heterocycles. The summed E-state index contributed by atoms with van der Waals surface area (Å²) >= 11 is 0. The second kappa shape index (κ2) is 5.89. The molecule has 0 aliphatic rings. The predicted octanol–water partition coefficient (Wildman–Crippen LogP) is 3.48. The van der Waals surface area contributed by atoms with Crippen LogP contribution in [-0.4, -0.2) is 8.42 Å². The van der Waals surface area contributed by atoms with Gasteiger partial charge >= 0.3 is 16.3 Å². The Hall–Kier alpha value is -2.60. The molecule has 2 aromatic carbocycles. The lowest BCUT2D eigenvalue weighted by molar-refractivity contribution is -0.140. The summed E-state index contributed by atoms with van der Waals surface area (Å²) < 4.78 is 79.9. The highest BCUT2D eigenvalue weighted by atomic mass is 32.2. The van der Waals surface area contributed by atoms with Gasteiger partial charge in [0.25, 0.3) is 0 Å². The maximum Gasteiger partial charge on any atom is 0.419 e. The lowest BCUT2D eigenvalue weighted by atomic mass is 10.2. The molecule has 0 fully saturated rings. The number of para-hydroxylation sites is 1. The fourth-order valence-electron chi connectivity index (χ4n) is 1.68. The standard InChI is InChI=1S/C14H7F4NO3S/c15-12-6-5-10(7-11(12)14(16,17)18)23(20,21)22-13-4-2-1-3-9(13)8-19/h1-7H. The Morgan fingerprint density at radius 1 is 1.09 bits per heavy atom. The van der Waals surface area contributed by atoms with E-state index in [-0.39, 0.29) is 17.4 Å². The first-order chi connectivity index (χ1) is 10.6. The van der Waals surface area contributed by atoms with Gasteiger partial charge in [-0.3, -0.25) is 0 Å². The van der Waals surface area contributed by atoms with Crippen molar-refractivity contribution in [3.05, 3.63) is 59.4 Å². The number of nitrogens with zero attached hydrogens (tertiary/aromatic N) is 1. The molecule has 0 bridgehead atoms. The average molecular weight is 345 g/mol. The van der Waals surface area contributed by atoms with Crippen molar-refractivity contribution in [1.29, 1.82) is 5.26 Å². The van der Waals surface area contributed by atoms with E-state index < -0.39 is 32.6 Å². The van der Waals surface area contributed by atoms with Crippen molar-refractivity contribution < 1.29 is 30.2 Å². The van der Waals surface area contributed by atoms with E-state index in [1.165, 1.54) is 24.3 Å². The van der Waals surface area contributed by atoms with Crippen LogP contribution >= 0.6 is 0 Å². The third-order valence-electron chi connectivity index (χ3n) is 2.74. The molecule has 4 nitrogen and oxygen atoms in total. The van der Waals surface area contributed by atoms with Gasteiger partial charge in [-0.2, -0.15) is 26.9 Å². The second-order valence-corrected chi connectivity index (χ2v) is 5.83. The van der Waals surface area contributed by atoms with Gasteiger partial charge in [0.1, 0.15) is 16.8 Å². The topological polar surface area (TPSA) is 67.2 Å². The predicted molar refractivity (Wildman–Crippen MR) is 70.4 cm³/mol. The van der Waals surface area contributed by atoms with E-state index in [1.807, 2.05) is 0 Å². The fourth-order valence-corrected chi connectivity index (χ4v) is 2.65. The Morgan fingerprint density at radius 3 is 2.35 bits per heavy atom. The molecule has 120 valence electrons. The highest BCUT2D eigenvalue weighted by Gasteiger charge is 2.35. The minimum atomic E-state index is -5.06. The molecule has 2 rings (SSSR count). The summed E-state index contributed by atoms with van der Waals surface area (Å²) in [4.78, 5) is -0.876. The molecule has 0 radical (unpaired) electrons. The first kappa shape index (κ1) is 16.8. The minimum absolute atomic E-state index is 0.116. The molecule has 0 aromatic heterocycles. The number of nitriles is 1. The summed E-state index contributed by atoms with van der Waals surface area (Å²) in [7, 11) is -4.66. The molecule has 0 unspecified atom stereocenters. The van der Waals surface area contributed by atoms with Crippen molar-refractivity contribution in [2.24, 2.45) is 0 Å². The van der Waals surface area contributed by atoms with E-state index in [1.54, 1.807) is 6.07 Å². The Kier molecular flexibility index (Phi) is 4.29. The molecular weight excluding hydrogens is 338 g/mol. The van der Waals surface area contributed by atoms with Gasteiger partial charge in [0.15, 0.2) is 5.75 Å². The Balaban J connectivity index is 2.47. The van der Waals surface area contributed by atoms with E-state index in [9.17, 15) is 26.0 Å². The van der Waals surface area contributed by atoms with Gasteiger partial charge in [-0.25, -0.2) is 4.39 Å². The summed E-state index contributed by atoms with van der Waals surface area (Å²) in [6.45, 7) is 0. The molecule has 0 amide bonds. The Morgan fingerprint density at radius 2 is 1.74 bits per heavy atom. The van der Waals surface area contributed by atoms with Crippen LogP contribution < -0.4 is 4.18 Å². The molecule has 0 saturated heterocycles. The summed E-state index contributed by atoms with van der Waals surface area (Å²) in [5.74, 6) is -1.94. The second-order valence-electron chi connectivity index (χ2n) is 4.28. The smallest absolute Gasteiger partial charge is 0.378 e. The number of halogens is 4. The summed E-state index contributed by atoms with van der Waals surface area (Å²) in [6, 6.07) is 8.14. The fraction of sp³-hybridized carbons (Fsp3) is 0.0714. The van der Waals surface area contributed by atoms with E-state index >= 15 is 0 Å². The minimum Gasteiger partial charge on any atom is -0.378 e. The average Bonchev–Trinajstić information content (AvgIpc) is 2.46. The van der Waals surface area contributed by atoms with Crippen molar-refractivity contribution >= 4 is 10.1 Å². The van der Waals surface area contributed by atoms with Crippen LogP contribution in [-0.2, 0) is 16.3 Å². The van der Waals surface area contributed by atoms with E-state index in [0.717, 1.165) is 0 Å². The first-order valence-corrected chi connectivity index (χ1v) is 7.36. The molecule has 2 aromatic rings. The quantitative estimate of drug-likeness (QED) is 0.631. The largest absolute Gasteiger partial charge is 0.419 e. The molecule has 23 heavy (non-hydrogen) atoms. The maximum atomic E-state index is 13.2. The first-order valence-electron chi connectivity index (χ1n) is 5.95. The van der Waals surface area contributed by atoms with Crippen molar-refractivity contribution in [2.75, 3.05) is 0 Å².